The summed E-state index contributed by atoms with van der Waals surface area (Å²) in [5.41, 5.74) is 10.1. The van der Waals surface area contributed by atoms with E-state index in [4.69, 9.17) is 5.73 Å². The molecule has 5 heteroatoms. The number of aryl methyl sites for hydroxylation is 2. The Kier molecular flexibility index (Phi) is 3.61. The lowest BCUT2D eigenvalue weighted by molar-refractivity contribution is -0.384. The topological polar surface area (TPSA) is 72.4 Å². The van der Waals surface area contributed by atoms with Gasteiger partial charge in [-0.3, -0.25) is 10.1 Å². The minimum atomic E-state index is -0.435. The van der Waals surface area contributed by atoms with Crippen LogP contribution in [0.5, 0.6) is 0 Å². The molecule has 0 unspecified atom stereocenters. The number of nitro groups is 1. The lowest BCUT2D eigenvalue weighted by atomic mass is 10.1. The van der Waals surface area contributed by atoms with Crippen LogP contribution in [0.15, 0.2) is 36.4 Å². The fourth-order valence-electron chi connectivity index (χ4n) is 2.21. The molecule has 0 amide bonds. The average molecular weight is 271 g/mol. The Hall–Kier alpha value is -2.56. The van der Waals surface area contributed by atoms with Gasteiger partial charge in [-0.05, 0) is 43.2 Å². The van der Waals surface area contributed by atoms with Gasteiger partial charge in [0.2, 0.25) is 0 Å². The van der Waals surface area contributed by atoms with Gasteiger partial charge < -0.3 is 10.6 Å². The molecule has 0 aromatic heterocycles. The Balaban J connectivity index is 2.47. The summed E-state index contributed by atoms with van der Waals surface area (Å²) in [6.45, 7) is 4.04. The quantitative estimate of drug-likeness (QED) is 0.526. The van der Waals surface area contributed by atoms with Crippen molar-refractivity contribution < 1.29 is 4.92 Å². The fraction of sp³-hybridized carbons (Fsp3) is 0.200. The van der Waals surface area contributed by atoms with Crippen LogP contribution in [0.4, 0.5) is 22.7 Å². The van der Waals surface area contributed by atoms with E-state index in [1.54, 1.807) is 6.07 Å². The summed E-state index contributed by atoms with van der Waals surface area (Å²) in [7, 11) is 1.87. The van der Waals surface area contributed by atoms with Crippen molar-refractivity contribution in [2.24, 2.45) is 0 Å². The van der Waals surface area contributed by atoms with E-state index in [-0.39, 0.29) is 5.69 Å². The summed E-state index contributed by atoms with van der Waals surface area (Å²) in [4.78, 5) is 12.4. The van der Waals surface area contributed by atoms with Crippen LogP contribution in [0.3, 0.4) is 0 Å². The first kappa shape index (κ1) is 13.9. The molecule has 0 saturated carbocycles. The van der Waals surface area contributed by atoms with Gasteiger partial charge in [-0.2, -0.15) is 0 Å². The summed E-state index contributed by atoms with van der Waals surface area (Å²) < 4.78 is 0. The van der Waals surface area contributed by atoms with Crippen molar-refractivity contribution in [1.82, 2.24) is 0 Å². The smallest absolute Gasteiger partial charge is 0.273 e. The van der Waals surface area contributed by atoms with E-state index in [2.05, 4.69) is 6.07 Å². The molecular weight excluding hydrogens is 254 g/mol. The van der Waals surface area contributed by atoms with Crippen molar-refractivity contribution >= 4 is 22.7 Å². The van der Waals surface area contributed by atoms with E-state index in [1.807, 2.05) is 37.9 Å². The highest BCUT2D eigenvalue weighted by atomic mass is 16.6. The molecular formula is C15H17N3O2. The second-order valence-corrected chi connectivity index (χ2v) is 4.94. The van der Waals surface area contributed by atoms with Crippen LogP contribution in [-0.4, -0.2) is 12.0 Å². The minimum Gasteiger partial charge on any atom is -0.398 e. The lowest BCUT2D eigenvalue weighted by Crippen LogP contribution is -2.10. The van der Waals surface area contributed by atoms with E-state index in [1.165, 1.54) is 12.1 Å². The van der Waals surface area contributed by atoms with E-state index in [0.717, 1.165) is 16.8 Å². The maximum Gasteiger partial charge on any atom is 0.273 e. The number of benzene rings is 2. The third kappa shape index (κ3) is 2.88. The third-order valence-electron chi connectivity index (χ3n) is 3.12. The first-order valence-corrected chi connectivity index (χ1v) is 6.24. The van der Waals surface area contributed by atoms with E-state index < -0.39 is 4.92 Å². The van der Waals surface area contributed by atoms with Gasteiger partial charge in [0.1, 0.15) is 0 Å². The summed E-state index contributed by atoms with van der Waals surface area (Å²) in [5, 5.41) is 10.9. The molecule has 2 aromatic rings. The summed E-state index contributed by atoms with van der Waals surface area (Å²) >= 11 is 0. The van der Waals surface area contributed by atoms with Gasteiger partial charge in [0.15, 0.2) is 0 Å². The summed E-state index contributed by atoms with van der Waals surface area (Å²) in [6, 6.07) is 10.8. The number of nitrogens with two attached hydrogens (primary N) is 1. The normalized spacial score (nSPS) is 10.3. The molecule has 2 rings (SSSR count). The Morgan fingerprint density at radius 1 is 1.00 bits per heavy atom. The zero-order valence-electron chi connectivity index (χ0n) is 11.8. The lowest BCUT2D eigenvalue weighted by Gasteiger charge is -2.21. The predicted octanol–water partition coefficient (Wildman–Crippen LogP) is 3.56. The van der Waals surface area contributed by atoms with Crippen molar-refractivity contribution in [2.75, 3.05) is 17.7 Å². The Bertz CT molecular complexity index is 648. The second kappa shape index (κ2) is 5.21. The predicted molar refractivity (Wildman–Crippen MR) is 81.5 cm³/mol. The van der Waals surface area contributed by atoms with Gasteiger partial charge in [-0.25, -0.2) is 0 Å². The maximum absolute atomic E-state index is 10.9. The van der Waals surface area contributed by atoms with Crippen LogP contribution >= 0.6 is 0 Å². The maximum atomic E-state index is 10.9. The SMILES string of the molecule is Cc1cc(C)cc(N(C)c2cc(N)cc([N+](=O)[O-])c2)c1. The van der Waals surface area contributed by atoms with Gasteiger partial charge in [-0.1, -0.05) is 6.07 Å². The molecule has 0 radical (unpaired) electrons. The second-order valence-electron chi connectivity index (χ2n) is 4.94. The third-order valence-corrected chi connectivity index (χ3v) is 3.12. The highest BCUT2D eigenvalue weighted by molar-refractivity contribution is 5.70. The highest BCUT2D eigenvalue weighted by Gasteiger charge is 2.12. The Labute approximate surface area is 117 Å². The molecule has 104 valence electrons. The first-order valence-electron chi connectivity index (χ1n) is 6.24. The number of anilines is 3. The van der Waals surface area contributed by atoms with Crippen LogP contribution in [0.2, 0.25) is 0 Å². The molecule has 0 atom stereocenters. The molecule has 0 saturated heterocycles. The number of nitro benzene ring substituents is 1. The number of rotatable bonds is 3. The first-order chi connectivity index (χ1) is 9.36. The zero-order valence-corrected chi connectivity index (χ0v) is 11.8. The van der Waals surface area contributed by atoms with Crippen molar-refractivity contribution in [3.05, 3.63) is 57.6 Å². The van der Waals surface area contributed by atoms with E-state index in [9.17, 15) is 10.1 Å². The Morgan fingerprint density at radius 2 is 1.55 bits per heavy atom. The minimum absolute atomic E-state index is 0.00350. The largest absolute Gasteiger partial charge is 0.398 e. The average Bonchev–Trinajstić information content (AvgIpc) is 2.35. The molecule has 0 bridgehead atoms. The van der Waals surface area contributed by atoms with E-state index >= 15 is 0 Å². The van der Waals surface area contributed by atoms with Crippen LogP contribution in [-0.2, 0) is 0 Å². The number of non-ortho nitro benzene ring substituents is 1. The fourth-order valence-corrected chi connectivity index (χ4v) is 2.21. The monoisotopic (exact) mass is 271 g/mol. The van der Waals surface area contributed by atoms with Crippen LogP contribution < -0.4 is 10.6 Å². The van der Waals surface area contributed by atoms with Gasteiger partial charge in [-0.15, -0.1) is 0 Å². The number of nitrogens with zero attached hydrogens (tertiary/aromatic N) is 2. The van der Waals surface area contributed by atoms with Gasteiger partial charge in [0.25, 0.3) is 5.69 Å². The summed E-state index contributed by atoms with van der Waals surface area (Å²) in [6.07, 6.45) is 0. The molecule has 0 aliphatic rings. The van der Waals surface area contributed by atoms with Crippen LogP contribution in [0.25, 0.3) is 0 Å². The number of nitrogen functional groups attached to an aromatic ring is 1. The standard InChI is InChI=1S/C15H17N3O2/c1-10-4-11(2)6-13(5-10)17(3)14-7-12(16)8-15(9-14)18(19)20/h4-9H,16H2,1-3H3. The number of hydrogen-bond acceptors (Lipinski definition) is 4. The molecule has 0 aliphatic heterocycles. The van der Waals surface area contributed by atoms with Crippen molar-refractivity contribution in [3.63, 3.8) is 0 Å². The van der Waals surface area contributed by atoms with Gasteiger partial charge in [0.05, 0.1) is 4.92 Å². The molecule has 5 nitrogen and oxygen atoms in total. The summed E-state index contributed by atoms with van der Waals surface area (Å²) in [5.74, 6) is 0. The Morgan fingerprint density at radius 3 is 2.10 bits per heavy atom. The molecule has 0 aliphatic carbocycles. The molecule has 0 heterocycles. The molecule has 2 N–H and O–H groups in total. The van der Waals surface area contributed by atoms with Gasteiger partial charge >= 0.3 is 0 Å². The van der Waals surface area contributed by atoms with Crippen molar-refractivity contribution in [3.8, 4) is 0 Å². The van der Waals surface area contributed by atoms with Crippen molar-refractivity contribution in [2.45, 2.75) is 13.8 Å². The van der Waals surface area contributed by atoms with Crippen LogP contribution in [0, 0.1) is 24.0 Å². The van der Waals surface area contributed by atoms with E-state index in [0.29, 0.717) is 11.4 Å². The molecule has 2 aromatic carbocycles. The van der Waals surface area contributed by atoms with Crippen molar-refractivity contribution in [1.29, 1.82) is 0 Å². The zero-order chi connectivity index (χ0) is 14.9. The molecule has 20 heavy (non-hydrogen) atoms. The van der Waals surface area contributed by atoms with Gasteiger partial charge in [0, 0.05) is 36.2 Å². The van der Waals surface area contributed by atoms with Crippen LogP contribution in [0.1, 0.15) is 11.1 Å². The highest BCUT2D eigenvalue weighted by Crippen LogP contribution is 2.30. The number of hydrogen-bond donors (Lipinski definition) is 1. The molecule has 0 fully saturated rings. The molecule has 0 spiro atoms.